The summed E-state index contributed by atoms with van der Waals surface area (Å²) in [6, 6.07) is 3.86. The number of allylic oxidation sites excluding steroid dienone is 1. The lowest BCUT2D eigenvalue weighted by atomic mass is 10.1. The molecule has 12 heteroatoms. The van der Waals surface area contributed by atoms with Crippen molar-refractivity contribution >= 4 is 51.6 Å². The molecule has 0 saturated carbocycles. The van der Waals surface area contributed by atoms with Gasteiger partial charge in [0, 0.05) is 11.4 Å². The number of esters is 1. The zero-order chi connectivity index (χ0) is 24.9. The topological polar surface area (TPSA) is 95.3 Å². The molecule has 2 heterocycles. The highest BCUT2D eigenvalue weighted by atomic mass is 35.5. The van der Waals surface area contributed by atoms with Crippen molar-refractivity contribution in [1.29, 1.82) is 0 Å². The number of hydrogen-bond donors (Lipinski definition) is 1. The highest BCUT2D eigenvalue weighted by Crippen LogP contribution is 2.39. The van der Waals surface area contributed by atoms with Gasteiger partial charge in [0.25, 0.3) is 0 Å². The maximum atomic E-state index is 13.3. The number of thiophene rings is 1. The lowest BCUT2D eigenvalue weighted by molar-refractivity contribution is -0.113. The molecule has 8 nitrogen and oxygen atoms in total. The highest BCUT2D eigenvalue weighted by Gasteiger charge is 2.28. The molecule has 0 fully saturated rings. The van der Waals surface area contributed by atoms with Crippen molar-refractivity contribution in [3.8, 4) is 5.75 Å². The number of aromatic nitrogens is 3. The van der Waals surface area contributed by atoms with Crippen molar-refractivity contribution < 1.29 is 23.5 Å². The SMILES string of the molecule is C=CCn1c(COc2ccc(F)cc2Cl)nnc1SCC(=O)Nc1sc2c(c1C(=O)OC)CCC2. The van der Waals surface area contributed by atoms with Crippen LogP contribution in [0, 0.1) is 5.82 Å². The smallest absolute Gasteiger partial charge is 0.341 e. The number of thioether (sulfide) groups is 1. The minimum atomic E-state index is -0.458. The first-order chi connectivity index (χ1) is 16.9. The molecule has 4 rings (SSSR count). The van der Waals surface area contributed by atoms with E-state index in [2.05, 4.69) is 22.1 Å². The van der Waals surface area contributed by atoms with E-state index in [0.29, 0.717) is 33.8 Å². The number of fused-ring (bicyclic) bond motifs is 1. The second-order valence-electron chi connectivity index (χ2n) is 7.55. The van der Waals surface area contributed by atoms with Gasteiger partial charge in [0.1, 0.15) is 23.2 Å². The lowest BCUT2D eigenvalue weighted by Crippen LogP contribution is -2.17. The fraction of sp³-hybridized carbons (Fsp3) is 0.304. The quantitative estimate of drug-likeness (QED) is 0.223. The van der Waals surface area contributed by atoms with Gasteiger partial charge < -0.3 is 14.8 Å². The minimum Gasteiger partial charge on any atom is -0.484 e. The average molecular weight is 537 g/mol. The summed E-state index contributed by atoms with van der Waals surface area (Å²) < 4.78 is 25.6. The number of halogens is 2. The number of methoxy groups -OCH3 is 1. The average Bonchev–Trinajstić information content (AvgIpc) is 3.52. The molecule has 1 aromatic carbocycles. The predicted molar refractivity (Wildman–Crippen MR) is 133 cm³/mol. The minimum absolute atomic E-state index is 0.0438. The van der Waals surface area contributed by atoms with Crippen LogP contribution in [0.5, 0.6) is 5.75 Å². The molecule has 1 aliphatic carbocycles. The number of ether oxygens (including phenoxy) is 2. The molecule has 1 amide bonds. The Kier molecular flexibility index (Phi) is 8.09. The Labute approximate surface area is 214 Å². The molecule has 0 aliphatic heterocycles. The summed E-state index contributed by atoms with van der Waals surface area (Å²) in [5.41, 5.74) is 1.43. The molecule has 0 radical (unpaired) electrons. The lowest BCUT2D eigenvalue weighted by Gasteiger charge is -2.10. The third-order valence-electron chi connectivity index (χ3n) is 5.25. The van der Waals surface area contributed by atoms with E-state index in [0.717, 1.165) is 29.7 Å². The molecule has 1 aliphatic rings. The Bertz CT molecular complexity index is 1280. The van der Waals surface area contributed by atoms with Crippen LogP contribution in [0.4, 0.5) is 9.39 Å². The number of carbonyl (C=O) groups is 2. The van der Waals surface area contributed by atoms with Gasteiger partial charge in [-0.15, -0.1) is 28.1 Å². The summed E-state index contributed by atoms with van der Waals surface area (Å²) in [4.78, 5) is 26.1. The number of benzene rings is 1. The van der Waals surface area contributed by atoms with Gasteiger partial charge in [-0.1, -0.05) is 29.4 Å². The van der Waals surface area contributed by atoms with Gasteiger partial charge in [-0.2, -0.15) is 0 Å². The van der Waals surface area contributed by atoms with Crippen molar-refractivity contribution in [3.63, 3.8) is 0 Å². The largest absolute Gasteiger partial charge is 0.484 e. The van der Waals surface area contributed by atoms with Crippen molar-refractivity contribution in [1.82, 2.24) is 14.8 Å². The first-order valence-electron chi connectivity index (χ1n) is 10.7. The van der Waals surface area contributed by atoms with Crippen LogP contribution in [0.3, 0.4) is 0 Å². The van der Waals surface area contributed by atoms with Gasteiger partial charge in [-0.3, -0.25) is 9.36 Å². The molecular formula is C23H22ClFN4O4S2. The van der Waals surface area contributed by atoms with Gasteiger partial charge in [0.15, 0.2) is 11.0 Å². The van der Waals surface area contributed by atoms with Crippen molar-refractivity contribution in [3.05, 3.63) is 63.5 Å². The molecule has 35 heavy (non-hydrogen) atoms. The Balaban J connectivity index is 1.42. The van der Waals surface area contributed by atoms with Gasteiger partial charge in [0.05, 0.1) is 23.4 Å². The van der Waals surface area contributed by atoms with E-state index in [9.17, 15) is 14.0 Å². The predicted octanol–water partition coefficient (Wildman–Crippen LogP) is 4.90. The number of anilines is 1. The number of nitrogens with one attached hydrogen (secondary N) is 1. The fourth-order valence-electron chi connectivity index (χ4n) is 3.68. The third kappa shape index (κ3) is 5.68. The van der Waals surface area contributed by atoms with Crippen LogP contribution in [-0.4, -0.2) is 39.5 Å². The summed E-state index contributed by atoms with van der Waals surface area (Å²) in [7, 11) is 1.33. The molecule has 0 bridgehead atoms. The maximum absolute atomic E-state index is 13.3. The van der Waals surface area contributed by atoms with Crippen LogP contribution in [-0.2, 0) is 35.5 Å². The summed E-state index contributed by atoms with van der Waals surface area (Å²) >= 11 is 8.64. The monoisotopic (exact) mass is 536 g/mol. The Morgan fingerprint density at radius 1 is 1.37 bits per heavy atom. The van der Waals surface area contributed by atoms with E-state index < -0.39 is 11.8 Å². The standard InChI is InChI=1S/C23H22ClFN4O4S2/c1-3-9-29-18(11-33-16-8-7-13(25)10-15(16)24)27-28-23(29)34-12-19(30)26-21-20(22(31)32-2)14-5-4-6-17(14)35-21/h3,7-8,10H,1,4-6,9,11-12H2,2H3,(H,26,30). The third-order valence-corrected chi connectivity index (χ3v) is 7.72. The molecule has 2 aromatic heterocycles. The van der Waals surface area contributed by atoms with Gasteiger partial charge in [0.2, 0.25) is 5.91 Å². The van der Waals surface area contributed by atoms with Crippen LogP contribution in [0.1, 0.15) is 33.0 Å². The summed E-state index contributed by atoms with van der Waals surface area (Å²) in [5, 5.41) is 12.3. The van der Waals surface area contributed by atoms with E-state index in [1.807, 2.05) is 0 Å². The zero-order valence-corrected chi connectivity index (χ0v) is 21.2. The van der Waals surface area contributed by atoms with Crippen molar-refractivity contribution in [2.24, 2.45) is 0 Å². The summed E-state index contributed by atoms with van der Waals surface area (Å²) in [6.45, 7) is 4.20. The molecule has 1 N–H and O–H groups in total. The number of aryl methyl sites for hydroxylation is 1. The number of hydrogen-bond acceptors (Lipinski definition) is 8. The second kappa shape index (κ2) is 11.2. The molecule has 3 aromatic rings. The number of nitrogens with zero attached hydrogens (tertiary/aromatic N) is 3. The molecule has 0 atom stereocenters. The highest BCUT2D eigenvalue weighted by molar-refractivity contribution is 7.99. The molecular weight excluding hydrogens is 515 g/mol. The van der Waals surface area contributed by atoms with Gasteiger partial charge in [-0.05, 0) is 43.0 Å². The Morgan fingerprint density at radius 2 is 2.20 bits per heavy atom. The van der Waals surface area contributed by atoms with Crippen LogP contribution < -0.4 is 10.1 Å². The van der Waals surface area contributed by atoms with Crippen molar-refractivity contribution in [2.75, 3.05) is 18.2 Å². The summed E-state index contributed by atoms with van der Waals surface area (Å²) in [6.07, 6.45) is 4.37. The second-order valence-corrected chi connectivity index (χ2v) is 10.0. The van der Waals surface area contributed by atoms with Crippen molar-refractivity contribution in [2.45, 2.75) is 37.6 Å². The Morgan fingerprint density at radius 3 is 2.94 bits per heavy atom. The van der Waals surface area contributed by atoms with E-state index in [-0.39, 0.29) is 23.3 Å². The normalized spacial score (nSPS) is 12.3. The van der Waals surface area contributed by atoms with E-state index in [1.165, 1.54) is 48.4 Å². The number of rotatable bonds is 10. The number of carbonyl (C=O) groups excluding carboxylic acids is 2. The number of amides is 1. The van der Waals surface area contributed by atoms with Gasteiger partial charge in [-0.25, -0.2) is 9.18 Å². The molecule has 184 valence electrons. The fourth-order valence-corrected chi connectivity index (χ4v) is 5.96. The van der Waals surface area contributed by atoms with E-state index in [1.54, 1.807) is 10.6 Å². The Hall–Kier alpha value is -2.89. The van der Waals surface area contributed by atoms with Crippen LogP contribution in [0.15, 0.2) is 36.0 Å². The molecule has 0 saturated heterocycles. The first-order valence-corrected chi connectivity index (χ1v) is 12.9. The first kappa shape index (κ1) is 25.2. The molecule has 0 unspecified atom stereocenters. The van der Waals surface area contributed by atoms with Crippen LogP contribution in [0.25, 0.3) is 0 Å². The maximum Gasteiger partial charge on any atom is 0.341 e. The zero-order valence-electron chi connectivity index (χ0n) is 18.8. The van der Waals surface area contributed by atoms with Crippen LogP contribution in [0.2, 0.25) is 5.02 Å². The van der Waals surface area contributed by atoms with E-state index in [4.69, 9.17) is 21.1 Å². The van der Waals surface area contributed by atoms with E-state index >= 15 is 0 Å². The van der Waals surface area contributed by atoms with Gasteiger partial charge >= 0.3 is 5.97 Å². The molecule has 0 spiro atoms. The summed E-state index contributed by atoms with van der Waals surface area (Å²) in [5.74, 6) is -0.300. The van der Waals surface area contributed by atoms with Crippen LogP contribution >= 0.6 is 34.7 Å².